The normalized spacial score (nSPS) is 10.7. The van der Waals surface area contributed by atoms with Gasteiger partial charge in [0.1, 0.15) is 17.9 Å². The fraction of sp³-hybridized carbons (Fsp3) is 0.333. The molecule has 0 aliphatic heterocycles. The van der Waals surface area contributed by atoms with E-state index in [0.29, 0.717) is 35.1 Å². The molecule has 30 heavy (non-hydrogen) atoms. The third kappa shape index (κ3) is 4.71. The minimum absolute atomic E-state index is 0.0975. The molecule has 158 valence electrons. The van der Waals surface area contributed by atoms with Gasteiger partial charge in [0.15, 0.2) is 5.82 Å². The van der Waals surface area contributed by atoms with E-state index in [1.165, 1.54) is 6.33 Å². The van der Waals surface area contributed by atoms with Crippen LogP contribution in [0.5, 0.6) is 5.75 Å². The molecule has 0 aliphatic rings. The van der Waals surface area contributed by atoms with Crippen LogP contribution < -0.4 is 15.0 Å². The van der Waals surface area contributed by atoms with Crippen molar-refractivity contribution >= 4 is 29.0 Å². The third-order valence-electron chi connectivity index (χ3n) is 4.79. The fourth-order valence-corrected chi connectivity index (χ4v) is 3.42. The summed E-state index contributed by atoms with van der Waals surface area (Å²) in [6.07, 6.45) is 2.41. The van der Waals surface area contributed by atoms with Gasteiger partial charge in [0.25, 0.3) is 0 Å². The zero-order valence-electron chi connectivity index (χ0n) is 17.7. The number of methoxy groups -OCH3 is 1. The summed E-state index contributed by atoms with van der Waals surface area (Å²) in [6.45, 7) is 3.92. The quantitative estimate of drug-likeness (QED) is 0.619. The Morgan fingerprint density at radius 1 is 1.23 bits per heavy atom. The minimum atomic E-state index is -0.0975. The summed E-state index contributed by atoms with van der Waals surface area (Å²) < 4.78 is 6.92. The van der Waals surface area contributed by atoms with Crippen molar-refractivity contribution in [3.63, 3.8) is 0 Å². The van der Waals surface area contributed by atoms with Gasteiger partial charge in [-0.15, -0.1) is 0 Å². The molecule has 3 aromatic rings. The summed E-state index contributed by atoms with van der Waals surface area (Å²) >= 11 is 6.12. The number of rotatable bonds is 7. The molecule has 1 amide bonds. The van der Waals surface area contributed by atoms with Gasteiger partial charge in [-0.3, -0.25) is 4.79 Å². The topological polar surface area (TPSA) is 85.2 Å². The van der Waals surface area contributed by atoms with Gasteiger partial charge in [0.2, 0.25) is 5.91 Å². The predicted octanol–water partition coefficient (Wildman–Crippen LogP) is 3.58. The molecule has 0 atom stereocenters. The first-order chi connectivity index (χ1) is 14.3. The SMILES string of the molecule is COc1ccc(NC(=O)CCc2c(C)nn(-c3cc(N(C)C)ncn3)c2C)cc1Cl. The minimum Gasteiger partial charge on any atom is -0.495 e. The zero-order chi connectivity index (χ0) is 21.8. The maximum atomic E-state index is 12.4. The van der Waals surface area contributed by atoms with E-state index < -0.39 is 0 Å². The lowest BCUT2D eigenvalue weighted by Crippen LogP contribution is -2.13. The van der Waals surface area contributed by atoms with E-state index in [1.807, 2.05) is 38.9 Å². The van der Waals surface area contributed by atoms with Crippen LogP contribution in [-0.2, 0) is 11.2 Å². The number of hydrogen-bond acceptors (Lipinski definition) is 6. The Labute approximate surface area is 180 Å². The summed E-state index contributed by atoms with van der Waals surface area (Å²) in [5.41, 5.74) is 3.49. The number of carbonyl (C=O) groups excluding carboxylic acids is 1. The number of benzene rings is 1. The highest BCUT2D eigenvalue weighted by Gasteiger charge is 2.16. The van der Waals surface area contributed by atoms with Crippen LogP contribution in [0.25, 0.3) is 5.82 Å². The van der Waals surface area contributed by atoms with Gasteiger partial charge in [0.05, 0.1) is 17.8 Å². The zero-order valence-corrected chi connectivity index (χ0v) is 18.5. The molecular weight excluding hydrogens is 404 g/mol. The van der Waals surface area contributed by atoms with Crippen molar-refractivity contribution in [3.8, 4) is 11.6 Å². The summed E-state index contributed by atoms with van der Waals surface area (Å²) in [5, 5.41) is 7.94. The maximum Gasteiger partial charge on any atom is 0.224 e. The molecule has 0 saturated heterocycles. The fourth-order valence-electron chi connectivity index (χ4n) is 3.16. The van der Waals surface area contributed by atoms with Crippen molar-refractivity contribution in [3.05, 3.63) is 52.6 Å². The molecule has 8 nitrogen and oxygen atoms in total. The molecule has 0 bridgehead atoms. The van der Waals surface area contributed by atoms with Gasteiger partial charge < -0.3 is 15.0 Å². The number of carbonyl (C=O) groups is 1. The molecular formula is C21H25ClN6O2. The highest BCUT2D eigenvalue weighted by Crippen LogP contribution is 2.27. The lowest BCUT2D eigenvalue weighted by Gasteiger charge is -2.12. The number of nitrogens with zero attached hydrogens (tertiary/aromatic N) is 5. The van der Waals surface area contributed by atoms with Crippen molar-refractivity contribution < 1.29 is 9.53 Å². The lowest BCUT2D eigenvalue weighted by molar-refractivity contribution is -0.116. The van der Waals surface area contributed by atoms with E-state index in [9.17, 15) is 4.79 Å². The standard InChI is InChI=1S/C21H25ClN6O2/c1-13-16(7-9-21(29)25-15-6-8-18(30-5)17(22)10-15)14(2)28(26-13)20-11-19(27(3)4)23-12-24-20/h6,8,10-12H,7,9H2,1-5H3,(H,25,29). The second kappa shape index (κ2) is 9.13. The summed E-state index contributed by atoms with van der Waals surface area (Å²) in [6, 6.07) is 7.03. The molecule has 0 fully saturated rings. The Morgan fingerprint density at radius 3 is 2.67 bits per heavy atom. The highest BCUT2D eigenvalue weighted by molar-refractivity contribution is 6.32. The first-order valence-electron chi connectivity index (χ1n) is 9.48. The number of nitrogens with one attached hydrogen (secondary N) is 1. The maximum absolute atomic E-state index is 12.4. The van der Waals surface area contributed by atoms with Crippen LogP contribution in [0.1, 0.15) is 23.4 Å². The average molecular weight is 429 g/mol. The number of aryl methyl sites for hydroxylation is 1. The molecule has 1 aromatic carbocycles. The average Bonchev–Trinajstić information content (AvgIpc) is 3.00. The van der Waals surface area contributed by atoms with Crippen LogP contribution in [0.15, 0.2) is 30.6 Å². The number of anilines is 2. The van der Waals surface area contributed by atoms with E-state index in [2.05, 4.69) is 20.4 Å². The Hall–Kier alpha value is -3.13. The number of amides is 1. The number of halogens is 1. The molecule has 0 saturated carbocycles. The van der Waals surface area contributed by atoms with E-state index in [4.69, 9.17) is 16.3 Å². The number of aromatic nitrogens is 4. The second-order valence-corrected chi connectivity index (χ2v) is 7.49. The molecule has 0 unspecified atom stereocenters. The smallest absolute Gasteiger partial charge is 0.224 e. The van der Waals surface area contributed by atoms with Crippen molar-refractivity contribution in [1.82, 2.24) is 19.7 Å². The largest absolute Gasteiger partial charge is 0.495 e. The van der Waals surface area contributed by atoms with Crippen LogP contribution in [0.3, 0.4) is 0 Å². The van der Waals surface area contributed by atoms with Gasteiger partial charge in [-0.05, 0) is 44.0 Å². The highest BCUT2D eigenvalue weighted by atomic mass is 35.5. The Bertz CT molecular complexity index is 1060. The molecule has 0 aliphatic carbocycles. The van der Waals surface area contributed by atoms with Gasteiger partial charge >= 0.3 is 0 Å². The monoisotopic (exact) mass is 428 g/mol. The lowest BCUT2D eigenvalue weighted by atomic mass is 10.1. The van der Waals surface area contributed by atoms with E-state index in [1.54, 1.807) is 30.0 Å². The van der Waals surface area contributed by atoms with Crippen molar-refractivity contribution in [2.45, 2.75) is 26.7 Å². The molecule has 0 spiro atoms. The first kappa shape index (κ1) is 21.6. The Morgan fingerprint density at radius 2 is 2.00 bits per heavy atom. The van der Waals surface area contributed by atoms with Crippen LogP contribution in [-0.4, -0.2) is 46.9 Å². The van der Waals surface area contributed by atoms with E-state index in [-0.39, 0.29) is 5.91 Å². The van der Waals surface area contributed by atoms with Gasteiger partial charge in [-0.25, -0.2) is 14.6 Å². The molecule has 9 heteroatoms. The number of ether oxygens (including phenoxy) is 1. The van der Waals surface area contributed by atoms with Crippen molar-refractivity contribution in [2.75, 3.05) is 31.4 Å². The second-order valence-electron chi connectivity index (χ2n) is 7.09. The molecule has 3 rings (SSSR count). The predicted molar refractivity (Wildman–Crippen MR) is 118 cm³/mol. The van der Waals surface area contributed by atoms with Gasteiger partial charge in [-0.2, -0.15) is 5.10 Å². The van der Waals surface area contributed by atoms with Crippen LogP contribution >= 0.6 is 11.6 Å². The van der Waals surface area contributed by atoms with Gasteiger partial charge in [-0.1, -0.05) is 11.6 Å². The van der Waals surface area contributed by atoms with Crippen LogP contribution in [0.2, 0.25) is 5.02 Å². The summed E-state index contributed by atoms with van der Waals surface area (Å²) in [4.78, 5) is 22.9. The van der Waals surface area contributed by atoms with Gasteiger partial charge in [0, 0.05) is 38.0 Å². The number of hydrogen-bond donors (Lipinski definition) is 1. The molecule has 0 radical (unpaired) electrons. The van der Waals surface area contributed by atoms with Crippen LogP contribution in [0.4, 0.5) is 11.5 Å². The molecule has 2 aromatic heterocycles. The summed E-state index contributed by atoms with van der Waals surface area (Å²) in [5.74, 6) is 1.96. The Kier molecular flexibility index (Phi) is 6.56. The van der Waals surface area contributed by atoms with E-state index in [0.717, 1.165) is 22.8 Å². The van der Waals surface area contributed by atoms with Crippen LogP contribution in [0, 0.1) is 13.8 Å². The first-order valence-corrected chi connectivity index (χ1v) is 9.86. The molecule has 1 N–H and O–H groups in total. The van der Waals surface area contributed by atoms with Crippen molar-refractivity contribution in [1.29, 1.82) is 0 Å². The van der Waals surface area contributed by atoms with E-state index >= 15 is 0 Å². The third-order valence-corrected chi connectivity index (χ3v) is 5.09. The Balaban J connectivity index is 1.71. The summed E-state index contributed by atoms with van der Waals surface area (Å²) in [7, 11) is 5.40. The van der Waals surface area contributed by atoms with Crippen molar-refractivity contribution in [2.24, 2.45) is 0 Å². The molecule has 2 heterocycles.